The third-order valence-corrected chi connectivity index (χ3v) is 4.68. The first-order valence-corrected chi connectivity index (χ1v) is 9.08. The highest BCUT2D eigenvalue weighted by atomic mass is 16.2. The third-order valence-electron chi connectivity index (χ3n) is 4.68. The molecule has 0 N–H and O–H groups in total. The molecular weight excluding hydrogens is 312 g/mol. The highest BCUT2D eigenvalue weighted by Crippen LogP contribution is 2.27. The van der Waals surface area contributed by atoms with E-state index in [1.807, 2.05) is 41.9 Å². The number of hydrogen-bond donors (Lipinski definition) is 0. The predicted octanol–water partition coefficient (Wildman–Crippen LogP) is 3.52. The monoisotopic (exact) mass is 336 g/mol. The summed E-state index contributed by atoms with van der Waals surface area (Å²) in [5, 5.41) is 13.8. The van der Waals surface area contributed by atoms with Gasteiger partial charge in [-0.1, -0.05) is 31.5 Å². The Labute approximate surface area is 148 Å². The van der Waals surface area contributed by atoms with Crippen molar-refractivity contribution < 1.29 is 4.79 Å². The lowest BCUT2D eigenvalue weighted by molar-refractivity contribution is 0.0768. The summed E-state index contributed by atoms with van der Waals surface area (Å²) >= 11 is 0. The first-order valence-electron chi connectivity index (χ1n) is 9.08. The summed E-state index contributed by atoms with van der Waals surface area (Å²) in [5.74, 6) is -0.115. The van der Waals surface area contributed by atoms with Crippen molar-refractivity contribution in [2.75, 3.05) is 13.1 Å². The van der Waals surface area contributed by atoms with Crippen molar-refractivity contribution in [1.82, 2.24) is 14.7 Å². The molecule has 130 valence electrons. The van der Waals surface area contributed by atoms with Crippen molar-refractivity contribution in [2.24, 2.45) is 0 Å². The number of benzene rings is 1. The Kier molecular flexibility index (Phi) is 5.49. The molecular formula is C20H24N4O. The Morgan fingerprint density at radius 3 is 2.72 bits per heavy atom. The van der Waals surface area contributed by atoms with Crippen molar-refractivity contribution >= 4 is 5.91 Å². The number of nitriles is 1. The molecule has 0 saturated heterocycles. The number of carbonyl (C=O) groups is 1. The van der Waals surface area contributed by atoms with Gasteiger partial charge in [-0.3, -0.25) is 4.79 Å². The van der Waals surface area contributed by atoms with E-state index in [1.54, 1.807) is 4.90 Å². The van der Waals surface area contributed by atoms with E-state index in [0.29, 0.717) is 12.2 Å². The molecule has 0 unspecified atom stereocenters. The topological polar surface area (TPSA) is 61.9 Å². The molecule has 0 atom stereocenters. The quantitative estimate of drug-likeness (QED) is 0.620. The number of carbonyl (C=O) groups excluding carboxylic acids is 1. The zero-order valence-corrected chi connectivity index (χ0v) is 14.7. The van der Waals surface area contributed by atoms with Gasteiger partial charge in [0, 0.05) is 17.8 Å². The summed E-state index contributed by atoms with van der Waals surface area (Å²) in [5.41, 5.74) is 3.75. The summed E-state index contributed by atoms with van der Waals surface area (Å²) in [6.07, 6.45) is 6.03. The Balaban J connectivity index is 2.06. The predicted molar refractivity (Wildman–Crippen MR) is 96.6 cm³/mol. The highest BCUT2D eigenvalue weighted by molar-refractivity contribution is 5.94. The Hall–Kier alpha value is -2.61. The van der Waals surface area contributed by atoms with E-state index in [9.17, 15) is 4.79 Å². The molecule has 1 aromatic heterocycles. The van der Waals surface area contributed by atoms with Gasteiger partial charge in [-0.05, 0) is 44.2 Å². The van der Waals surface area contributed by atoms with Crippen LogP contribution in [-0.4, -0.2) is 33.7 Å². The number of fused-ring (bicyclic) bond motifs is 1. The zero-order chi connectivity index (χ0) is 17.6. The number of hydrogen-bond acceptors (Lipinski definition) is 3. The fourth-order valence-electron chi connectivity index (χ4n) is 3.49. The van der Waals surface area contributed by atoms with Crippen LogP contribution in [0.5, 0.6) is 0 Å². The molecule has 5 nitrogen and oxygen atoms in total. The van der Waals surface area contributed by atoms with Gasteiger partial charge in [0.1, 0.15) is 6.54 Å². The van der Waals surface area contributed by atoms with Crippen LogP contribution in [0.4, 0.5) is 0 Å². The van der Waals surface area contributed by atoms with Crippen LogP contribution in [0.15, 0.2) is 30.3 Å². The van der Waals surface area contributed by atoms with Gasteiger partial charge >= 0.3 is 0 Å². The van der Waals surface area contributed by atoms with E-state index in [0.717, 1.165) is 49.0 Å². The van der Waals surface area contributed by atoms with E-state index in [4.69, 9.17) is 10.4 Å². The average molecular weight is 336 g/mol. The minimum atomic E-state index is -0.115. The van der Waals surface area contributed by atoms with Gasteiger partial charge in [0.15, 0.2) is 5.69 Å². The van der Waals surface area contributed by atoms with E-state index < -0.39 is 0 Å². The fraction of sp³-hybridized carbons (Fsp3) is 0.450. The molecule has 3 rings (SSSR count). The van der Waals surface area contributed by atoms with Crippen molar-refractivity contribution in [3.63, 3.8) is 0 Å². The summed E-state index contributed by atoms with van der Waals surface area (Å²) < 4.78 is 1.93. The van der Waals surface area contributed by atoms with Crippen LogP contribution in [0.2, 0.25) is 0 Å². The van der Waals surface area contributed by atoms with Crippen molar-refractivity contribution in [3.8, 4) is 11.8 Å². The largest absolute Gasteiger partial charge is 0.324 e. The summed E-state index contributed by atoms with van der Waals surface area (Å²) in [6, 6.07) is 12.1. The zero-order valence-electron chi connectivity index (χ0n) is 14.7. The molecule has 1 heterocycles. The smallest absolute Gasteiger partial charge is 0.275 e. The Morgan fingerprint density at radius 1 is 1.24 bits per heavy atom. The molecule has 25 heavy (non-hydrogen) atoms. The summed E-state index contributed by atoms with van der Waals surface area (Å²) in [4.78, 5) is 14.7. The normalized spacial score (nSPS) is 13.6. The molecule has 0 aliphatic heterocycles. The van der Waals surface area contributed by atoms with Gasteiger partial charge < -0.3 is 4.90 Å². The first-order chi connectivity index (χ1) is 12.3. The molecule has 0 fully saturated rings. The van der Waals surface area contributed by atoms with E-state index in [2.05, 4.69) is 6.07 Å². The Morgan fingerprint density at radius 2 is 2.00 bits per heavy atom. The number of nitrogens with zero attached hydrogens (tertiary/aromatic N) is 4. The lowest BCUT2D eigenvalue weighted by atomic mass is 10.1. The summed E-state index contributed by atoms with van der Waals surface area (Å²) in [6.45, 7) is 2.71. The lowest BCUT2D eigenvalue weighted by Crippen LogP contribution is -2.33. The molecule has 1 aliphatic rings. The molecule has 0 radical (unpaired) electrons. The van der Waals surface area contributed by atoms with Gasteiger partial charge in [-0.2, -0.15) is 10.4 Å². The molecule has 1 aromatic carbocycles. The van der Waals surface area contributed by atoms with E-state index >= 15 is 0 Å². The van der Waals surface area contributed by atoms with Crippen LogP contribution in [0.3, 0.4) is 0 Å². The van der Waals surface area contributed by atoms with Crippen molar-refractivity contribution in [2.45, 2.75) is 45.4 Å². The second-order valence-electron chi connectivity index (χ2n) is 6.47. The maximum atomic E-state index is 13.1. The SMILES string of the molecule is CCCN(CC#N)C(=O)c1nn(-c2ccccc2)c2c1CCCCC2. The van der Waals surface area contributed by atoms with Gasteiger partial charge in [-0.15, -0.1) is 0 Å². The molecule has 1 aliphatic carbocycles. The third kappa shape index (κ3) is 3.58. The van der Waals surface area contributed by atoms with Crippen molar-refractivity contribution in [1.29, 1.82) is 5.26 Å². The molecule has 1 amide bonds. The van der Waals surface area contributed by atoms with Crippen LogP contribution in [0, 0.1) is 11.3 Å². The minimum absolute atomic E-state index is 0.111. The lowest BCUT2D eigenvalue weighted by Gasteiger charge is -2.18. The standard InChI is InChI=1S/C20H24N4O/c1-2-14-23(15-13-21)20(25)19-17-11-7-4-8-12-18(17)24(22-19)16-9-5-3-6-10-16/h3,5-6,9-10H,2,4,7-8,11-12,14-15H2,1H3. The van der Waals surface area contributed by atoms with Crippen molar-refractivity contribution in [3.05, 3.63) is 47.3 Å². The highest BCUT2D eigenvalue weighted by Gasteiger charge is 2.27. The first kappa shape index (κ1) is 17.2. The molecule has 2 aromatic rings. The van der Waals surface area contributed by atoms with Crippen LogP contribution in [0.25, 0.3) is 5.69 Å². The Bertz CT molecular complexity index is 773. The molecule has 0 bridgehead atoms. The van der Waals surface area contributed by atoms with Gasteiger partial charge in [0.2, 0.25) is 0 Å². The van der Waals surface area contributed by atoms with Crippen LogP contribution < -0.4 is 0 Å². The second-order valence-corrected chi connectivity index (χ2v) is 6.47. The number of aromatic nitrogens is 2. The maximum absolute atomic E-state index is 13.1. The molecule has 5 heteroatoms. The fourth-order valence-corrected chi connectivity index (χ4v) is 3.49. The van der Waals surface area contributed by atoms with Gasteiger partial charge in [-0.25, -0.2) is 4.68 Å². The molecule has 0 spiro atoms. The average Bonchev–Trinajstić information content (AvgIpc) is 2.83. The van der Waals surface area contributed by atoms with Crippen LogP contribution in [0.1, 0.15) is 54.4 Å². The van der Waals surface area contributed by atoms with Gasteiger partial charge in [0.05, 0.1) is 11.8 Å². The van der Waals surface area contributed by atoms with E-state index in [1.165, 1.54) is 6.42 Å². The van der Waals surface area contributed by atoms with Crippen LogP contribution in [-0.2, 0) is 12.8 Å². The van der Waals surface area contributed by atoms with Gasteiger partial charge in [0.25, 0.3) is 5.91 Å². The number of rotatable bonds is 5. The number of para-hydroxylation sites is 1. The number of amides is 1. The van der Waals surface area contributed by atoms with E-state index in [-0.39, 0.29) is 12.5 Å². The molecule has 0 saturated carbocycles. The second kappa shape index (κ2) is 7.98. The summed E-state index contributed by atoms with van der Waals surface area (Å²) in [7, 11) is 0. The minimum Gasteiger partial charge on any atom is -0.324 e. The maximum Gasteiger partial charge on any atom is 0.275 e. The van der Waals surface area contributed by atoms with Crippen LogP contribution >= 0.6 is 0 Å².